The molecule has 1 heterocycles. The van der Waals surface area contributed by atoms with Gasteiger partial charge in [0, 0.05) is 5.02 Å². The number of rotatable bonds is 3. The molecule has 0 aliphatic carbocycles. The van der Waals surface area contributed by atoms with Crippen LogP contribution >= 0.6 is 23.2 Å². The van der Waals surface area contributed by atoms with E-state index in [4.69, 9.17) is 37.8 Å². The monoisotopic (exact) mass is 292 g/mol. The molecule has 1 aliphatic heterocycles. The molecule has 1 aromatic rings. The van der Waals surface area contributed by atoms with E-state index in [0.29, 0.717) is 0 Å². The molecule has 1 fully saturated rings. The molecule has 1 aliphatic rings. The molecule has 1 saturated heterocycles. The van der Waals surface area contributed by atoms with Gasteiger partial charge in [-0.1, -0.05) is 23.2 Å². The first kappa shape index (κ1) is 13.4. The smallest absolute Gasteiger partial charge is 0.339 e. The third kappa shape index (κ3) is 2.70. The fourth-order valence-corrected chi connectivity index (χ4v) is 2.16. The van der Waals surface area contributed by atoms with E-state index in [0.717, 1.165) is 0 Å². The Hall–Kier alpha value is -1.01. The van der Waals surface area contributed by atoms with Gasteiger partial charge >= 0.3 is 5.97 Å². The van der Waals surface area contributed by atoms with Crippen LogP contribution in [0.15, 0.2) is 12.1 Å². The van der Waals surface area contributed by atoms with Gasteiger partial charge in [0.1, 0.15) is 11.7 Å². The number of hydrogen-bond donors (Lipinski definition) is 2. The highest BCUT2D eigenvalue weighted by atomic mass is 35.5. The van der Waals surface area contributed by atoms with Crippen molar-refractivity contribution in [3.05, 3.63) is 27.7 Å². The van der Waals surface area contributed by atoms with E-state index < -0.39 is 18.2 Å². The second kappa shape index (κ2) is 5.32. The molecule has 0 saturated carbocycles. The van der Waals surface area contributed by atoms with Crippen molar-refractivity contribution in [1.29, 1.82) is 0 Å². The molecule has 2 rings (SSSR count). The predicted molar refractivity (Wildman–Crippen MR) is 64.7 cm³/mol. The van der Waals surface area contributed by atoms with Gasteiger partial charge in [0.2, 0.25) is 0 Å². The Morgan fingerprint density at radius 1 is 1.39 bits per heavy atom. The molecule has 2 atom stereocenters. The summed E-state index contributed by atoms with van der Waals surface area (Å²) in [7, 11) is 0. The lowest BCUT2D eigenvalue weighted by atomic mass is 10.2. The van der Waals surface area contributed by atoms with Crippen molar-refractivity contribution in [1.82, 2.24) is 0 Å². The van der Waals surface area contributed by atoms with Crippen LogP contribution in [0.4, 0.5) is 0 Å². The molecule has 0 amide bonds. The summed E-state index contributed by atoms with van der Waals surface area (Å²) in [6.45, 7) is 0.331. The quantitative estimate of drug-likeness (QED) is 0.889. The Kier molecular flexibility index (Phi) is 3.97. The van der Waals surface area contributed by atoms with Crippen LogP contribution in [0, 0.1) is 0 Å². The summed E-state index contributed by atoms with van der Waals surface area (Å²) >= 11 is 11.6. The molecule has 2 N–H and O–H groups in total. The molecular weight excluding hydrogens is 283 g/mol. The topological polar surface area (TPSA) is 76.0 Å². The molecule has 18 heavy (non-hydrogen) atoms. The maximum absolute atomic E-state index is 11.1. The molecule has 0 spiro atoms. The number of aliphatic hydroxyl groups excluding tert-OH is 1. The van der Waals surface area contributed by atoms with Crippen molar-refractivity contribution in [2.24, 2.45) is 0 Å². The summed E-state index contributed by atoms with van der Waals surface area (Å²) in [4.78, 5) is 11.1. The molecule has 1 aromatic carbocycles. The van der Waals surface area contributed by atoms with Crippen LogP contribution in [-0.4, -0.2) is 41.6 Å². The van der Waals surface area contributed by atoms with Gasteiger partial charge in [-0.25, -0.2) is 4.79 Å². The third-order valence-electron chi connectivity index (χ3n) is 2.51. The summed E-state index contributed by atoms with van der Waals surface area (Å²) < 4.78 is 10.4. The number of carboxylic acids is 1. The van der Waals surface area contributed by atoms with Gasteiger partial charge in [0.25, 0.3) is 0 Å². The third-order valence-corrected chi connectivity index (χ3v) is 3.01. The second-order valence-electron chi connectivity index (χ2n) is 3.83. The van der Waals surface area contributed by atoms with Crippen LogP contribution in [0.5, 0.6) is 5.75 Å². The zero-order valence-electron chi connectivity index (χ0n) is 9.10. The van der Waals surface area contributed by atoms with Crippen LogP contribution in [-0.2, 0) is 4.74 Å². The molecule has 98 valence electrons. The molecule has 0 radical (unpaired) electrons. The average molecular weight is 293 g/mol. The first-order valence-corrected chi connectivity index (χ1v) is 5.89. The minimum Gasteiger partial charge on any atom is -0.483 e. The van der Waals surface area contributed by atoms with Crippen molar-refractivity contribution >= 4 is 29.2 Å². The highest BCUT2D eigenvalue weighted by Gasteiger charge is 2.30. The fourth-order valence-electron chi connectivity index (χ4n) is 1.63. The van der Waals surface area contributed by atoms with Gasteiger partial charge < -0.3 is 19.7 Å². The van der Waals surface area contributed by atoms with Crippen LogP contribution in [0.1, 0.15) is 10.4 Å². The van der Waals surface area contributed by atoms with Crippen molar-refractivity contribution in [2.45, 2.75) is 12.2 Å². The van der Waals surface area contributed by atoms with Gasteiger partial charge in [0.05, 0.1) is 18.2 Å². The largest absolute Gasteiger partial charge is 0.483 e. The molecular formula is C11H10Cl2O5. The number of halogens is 2. The number of carboxylic acid groups (broad SMARTS) is 1. The predicted octanol–water partition coefficient (Wildman–Crippen LogP) is 1.83. The van der Waals surface area contributed by atoms with E-state index in [1.54, 1.807) is 0 Å². The molecule has 0 aromatic heterocycles. The SMILES string of the molecule is O=C(O)c1cc(Cl)cc(Cl)c1OC1COCC1O. The average Bonchev–Trinajstić information content (AvgIpc) is 2.67. The fraction of sp³-hybridized carbons (Fsp3) is 0.364. The Morgan fingerprint density at radius 2 is 2.11 bits per heavy atom. The maximum Gasteiger partial charge on any atom is 0.339 e. The number of ether oxygens (including phenoxy) is 2. The summed E-state index contributed by atoms with van der Waals surface area (Å²) in [5.41, 5.74) is -0.147. The zero-order valence-corrected chi connectivity index (χ0v) is 10.6. The lowest BCUT2D eigenvalue weighted by Crippen LogP contribution is -2.30. The van der Waals surface area contributed by atoms with E-state index in [9.17, 15) is 9.90 Å². The van der Waals surface area contributed by atoms with Gasteiger partial charge in [-0.2, -0.15) is 0 Å². The Bertz CT molecular complexity index is 477. The highest BCUT2D eigenvalue weighted by Crippen LogP contribution is 2.34. The number of hydrogen-bond acceptors (Lipinski definition) is 4. The van der Waals surface area contributed by atoms with E-state index in [-0.39, 0.29) is 34.6 Å². The zero-order chi connectivity index (χ0) is 13.3. The number of benzene rings is 1. The minimum atomic E-state index is -1.21. The van der Waals surface area contributed by atoms with E-state index in [2.05, 4.69) is 0 Å². The van der Waals surface area contributed by atoms with Crippen molar-refractivity contribution in [2.75, 3.05) is 13.2 Å². The van der Waals surface area contributed by atoms with E-state index in [1.807, 2.05) is 0 Å². The molecule has 2 unspecified atom stereocenters. The lowest BCUT2D eigenvalue weighted by molar-refractivity contribution is 0.0636. The minimum absolute atomic E-state index is 0.0110. The normalized spacial score (nSPS) is 23.1. The second-order valence-corrected chi connectivity index (χ2v) is 4.67. The van der Waals surface area contributed by atoms with Gasteiger partial charge in [0.15, 0.2) is 11.9 Å². The first-order valence-electron chi connectivity index (χ1n) is 5.14. The first-order chi connectivity index (χ1) is 8.49. The summed E-state index contributed by atoms with van der Waals surface area (Å²) in [5, 5.41) is 18.9. The maximum atomic E-state index is 11.1. The van der Waals surface area contributed by atoms with Crippen molar-refractivity contribution in [3.63, 3.8) is 0 Å². The molecule has 0 bridgehead atoms. The Labute approximate surface area is 113 Å². The van der Waals surface area contributed by atoms with Crippen LogP contribution < -0.4 is 4.74 Å². The number of aromatic carboxylic acids is 1. The van der Waals surface area contributed by atoms with Crippen LogP contribution in [0.25, 0.3) is 0 Å². The Balaban J connectivity index is 2.33. The van der Waals surface area contributed by atoms with Gasteiger partial charge in [-0.05, 0) is 12.1 Å². The summed E-state index contributed by atoms with van der Waals surface area (Å²) in [6, 6.07) is 2.63. The molecule has 5 nitrogen and oxygen atoms in total. The summed E-state index contributed by atoms with van der Waals surface area (Å²) in [5.74, 6) is -1.22. The van der Waals surface area contributed by atoms with Gasteiger partial charge in [-0.15, -0.1) is 0 Å². The number of aliphatic hydroxyl groups is 1. The lowest BCUT2D eigenvalue weighted by Gasteiger charge is -2.18. The van der Waals surface area contributed by atoms with Crippen LogP contribution in [0.2, 0.25) is 10.0 Å². The number of carbonyl (C=O) groups is 1. The van der Waals surface area contributed by atoms with E-state index >= 15 is 0 Å². The Morgan fingerprint density at radius 3 is 2.67 bits per heavy atom. The van der Waals surface area contributed by atoms with Crippen molar-refractivity contribution in [3.8, 4) is 5.75 Å². The molecule has 7 heteroatoms. The van der Waals surface area contributed by atoms with Crippen molar-refractivity contribution < 1.29 is 24.5 Å². The summed E-state index contributed by atoms with van der Waals surface area (Å²) in [6.07, 6.45) is -1.44. The van der Waals surface area contributed by atoms with E-state index in [1.165, 1.54) is 12.1 Å². The standard InChI is InChI=1S/C11H10Cl2O5/c12-5-1-6(11(15)16)10(7(13)2-5)18-9-4-17-3-8(9)14/h1-2,8-9,14H,3-4H2,(H,15,16). The van der Waals surface area contributed by atoms with Gasteiger partial charge in [-0.3, -0.25) is 0 Å². The van der Waals surface area contributed by atoms with Crippen LogP contribution in [0.3, 0.4) is 0 Å². The highest BCUT2D eigenvalue weighted by molar-refractivity contribution is 6.36.